The first kappa shape index (κ1) is 23.7. The Hall–Kier alpha value is -2.54. The zero-order valence-electron chi connectivity index (χ0n) is 17.9. The fourth-order valence-electron chi connectivity index (χ4n) is 2.73. The van der Waals surface area contributed by atoms with E-state index in [1.165, 1.54) is 0 Å². The minimum atomic E-state index is -0.637. The molecule has 0 aliphatic rings. The number of nitrogens with zero attached hydrogens (tertiary/aromatic N) is 1. The first-order valence-corrected chi connectivity index (χ1v) is 10.7. The Morgan fingerprint density at radius 1 is 1.03 bits per heavy atom. The van der Waals surface area contributed by atoms with Gasteiger partial charge in [-0.05, 0) is 62.2 Å². The Kier molecular flexibility index (Phi) is 9.17. The maximum Gasteiger partial charge on any atom is 0.261 e. The Morgan fingerprint density at radius 3 is 2.20 bits per heavy atom. The Balaban J connectivity index is 2.14. The van der Waals surface area contributed by atoms with Crippen molar-refractivity contribution >= 4 is 27.7 Å². The smallest absolute Gasteiger partial charge is 0.261 e. The molecule has 0 bridgehead atoms. The molecule has 0 saturated carbocycles. The summed E-state index contributed by atoms with van der Waals surface area (Å²) in [6, 6.07) is 14.1. The maximum absolute atomic E-state index is 13.0. The van der Waals surface area contributed by atoms with Crippen molar-refractivity contribution in [3.05, 3.63) is 58.6 Å². The first-order chi connectivity index (χ1) is 14.3. The number of hydrogen-bond donors (Lipinski definition) is 1. The standard InChI is InChI=1S/C23H29BrN2O4/c1-5-16(2)25-23(28)17(3)26(14-18-6-10-20(29-4)11-7-18)22(27)15-30-21-12-8-19(24)9-13-21/h6-13,16-17H,5,14-15H2,1-4H3,(H,25,28)/t16-,17-/m0/s1. The Bertz CT molecular complexity index is 824. The number of benzene rings is 2. The van der Waals surface area contributed by atoms with Gasteiger partial charge in [0.05, 0.1) is 7.11 Å². The second-order valence-corrected chi connectivity index (χ2v) is 8.02. The summed E-state index contributed by atoms with van der Waals surface area (Å²) in [5.74, 6) is 0.876. The average Bonchev–Trinajstić information content (AvgIpc) is 2.76. The van der Waals surface area contributed by atoms with Gasteiger partial charge >= 0.3 is 0 Å². The lowest BCUT2D eigenvalue weighted by Gasteiger charge is -2.29. The number of carbonyl (C=O) groups is 2. The van der Waals surface area contributed by atoms with Crippen molar-refractivity contribution in [2.24, 2.45) is 0 Å². The van der Waals surface area contributed by atoms with Crippen LogP contribution in [0.3, 0.4) is 0 Å². The zero-order valence-corrected chi connectivity index (χ0v) is 19.4. The number of nitrogens with one attached hydrogen (secondary N) is 1. The molecular formula is C23H29BrN2O4. The zero-order chi connectivity index (χ0) is 22.1. The lowest BCUT2D eigenvalue weighted by Crippen LogP contribution is -2.50. The molecule has 1 N–H and O–H groups in total. The molecule has 0 spiro atoms. The van der Waals surface area contributed by atoms with Crippen molar-refractivity contribution in [1.29, 1.82) is 0 Å². The fraction of sp³-hybridized carbons (Fsp3) is 0.391. The molecule has 2 amide bonds. The topological polar surface area (TPSA) is 67.9 Å². The van der Waals surface area contributed by atoms with Gasteiger partial charge in [-0.25, -0.2) is 0 Å². The number of methoxy groups -OCH3 is 1. The highest BCUT2D eigenvalue weighted by Crippen LogP contribution is 2.18. The molecule has 2 rings (SSSR count). The highest BCUT2D eigenvalue weighted by atomic mass is 79.9. The molecule has 0 aliphatic carbocycles. The number of carbonyl (C=O) groups excluding carboxylic acids is 2. The normalized spacial score (nSPS) is 12.6. The molecule has 0 unspecified atom stereocenters. The summed E-state index contributed by atoms with van der Waals surface area (Å²) < 4.78 is 11.8. The van der Waals surface area contributed by atoms with Gasteiger partial charge in [-0.1, -0.05) is 35.0 Å². The number of halogens is 1. The van der Waals surface area contributed by atoms with Crippen molar-refractivity contribution in [3.8, 4) is 11.5 Å². The van der Waals surface area contributed by atoms with E-state index >= 15 is 0 Å². The van der Waals surface area contributed by atoms with Crippen LogP contribution >= 0.6 is 15.9 Å². The summed E-state index contributed by atoms with van der Waals surface area (Å²) >= 11 is 3.37. The van der Waals surface area contributed by atoms with Crippen molar-refractivity contribution < 1.29 is 19.1 Å². The number of amides is 2. The summed E-state index contributed by atoms with van der Waals surface area (Å²) in [7, 11) is 1.60. The van der Waals surface area contributed by atoms with Crippen molar-refractivity contribution in [3.63, 3.8) is 0 Å². The summed E-state index contributed by atoms with van der Waals surface area (Å²) in [5, 5.41) is 2.95. The molecule has 2 aromatic rings. The maximum atomic E-state index is 13.0. The second kappa shape index (κ2) is 11.6. The molecule has 0 aliphatic heterocycles. The van der Waals surface area contributed by atoms with E-state index in [0.29, 0.717) is 12.3 Å². The third-order valence-corrected chi connectivity index (χ3v) is 5.38. The van der Waals surface area contributed by atoms with E-state index in [9.17, 15) is 9.59 Å². The highest BCUT2D eigenvalue weighted by molar-refractivity contribution is 9.10. The number of hydrogen-bond acceptors (Lipinski definition) is 4. The molecule has 0 heterocycles. The fourth-order valence-corrected chi connectivity index (χ4v) is 3.00. The number of ether oxygens (including phenoxy) is 2. The van der Waals surface area contributed by atoms with Gasteiger partial charge in [0.2, 0.25) is 5.91 Å². The molecular weight excluding hydrogens is 448 g/mol. The molecule has 30 heavy (non-hydrogen) atoms. The van der Waals surface area contributed by atoms with E-state index in [0.717, 1.165) is 22.2 Å². The Morgan fingerprint density at radius 2 is 1.63 bits per heavy atom. The first-order valence-electron chi connectivity index (χ1n) is 9.95. The second-order valence-electron chi connectivity index (χ2n) is 7.11. The molecule has 2 atom stereocenters. The van der Waals surface area contributed by atoms with Crippen LogP contribution in [0.1, 0.15) is 32.8 Å². The van der Waals surface area contributed by atoms with Crippen LogP contribution in [0.4, 0.5) is 0 Å². The van der Waals surface area contributed by atoms with Gasteiger partial charge < -0.3 is 19.7 Å². The summed E-state index contributed by atoms with van der Waals surface area (Å²) in [6.07, 6.45) is 0.817. The van der Waals surface area contributed by atoms with Crippen LogP contribution in [0.5, 0.6) is 11.5 Å². The van der Waals surface area contributed by atoms with Gasteiger partial charge in [0.15, 0.2) is 6.61 Å². The van der Waals surface area contributed by atoms with Crippen LogP contribution in [0.15, 0.2) is 53.0 Å². The highest BCUT2D eigenvalue weighted by Gasteiger charge is 2.27. The minimum Gasteiger partial charge on any atom is -0.497 e. The van der Waals surface area contributed by atoms with Crippen molar-refractivity contribution in [1.82, 2.24) is 10.2 Å². The van der Waals surface area contributed by atoms with Crippen molar-refractivity contribution in [2.45, 2.75) is 45.8 Å². The molecule has 0 fully saturated rings. The summed E-state index contributed by atoms with van der Waals surface area (Å²) in [6.45, 7) is 5.82. The van der Waals surface area contributed by atoms with Crippen LogP contribution in [0.25, 0.3) is 0 Å². The molecule has 0 saturated heterocycles. The van der Waals surface area contributed by atoms with Gasteiger partial charge in [0.1, 0.15) is 17.5 Å². The van der Waals surface area contributed by atoms with Crippen LogP contribution < -0.4 is 14.8 Å². The predicted octanol–water partition coefficient (Wildman–Crippen LogP) is 4.17. The van der Waals surface area contributed by atoms with Gasteiger partial charge in [-0.15, -0.1) is 0 Å². The lowest BCUT2D eigenvalue weighted by molar-refractivity contribution is -0.142. The van der Waals surface area contributed by atoms with Crippen LogP contribution in [0, 0.1) is 0 Å². The van der Waals surface area contributed by atoms with Gasteiger partial charge in [0, 0.05) is 17.1 Å². The molecule has 7 heteroatoms. The van der Waals surface area contributed by atoms with E-state index in [1.54, 1.807) is 31.1 Å². The molecule has 0 aromatic heterocycles. The van der Waals surface area contributed by atoms with E-state index in [2.05, 4.69) is 21.2 Å². The largest absolute Gasteiger partial charge is 0.497 e. The molecule has 6 nitrogen and oxygen atoms in total. The van der Waals surface area contributed by atoms with Gasteiger partial charge in [0.25, 0.3) is 5.91 Å². The van der Waals surface area contributed by atoms with E-state index in [1.807, 2.05) is 50.2 Å². The molecule has 2 aromatic carbocycles. The van der Waals surface area contributed by atoms with E-state index < -0.39 is 6.04 Å². The average molecular weight is 477 g/mol. The summed E-state index contributed by atoms with van der Waals surface area (Å²) in [4.78, 5) is 27.2. The third-order valence-electron chi connectivity index (χ3n) is 4.86. The lowest BCUT2D eigenvalue weighted by atomic mass is 10.1. The van der Waals surface area contributed by atoms with E-state index in [-0.39, 0.29) is 24.5 Å². The van der Waals surface area contributed by atoms with Crippen LogP contribution in [0.2, 0.25) is 0 Å². The third kappa shape index (κ3) is 7.06. The van der Waals surface area contributed by atoms with Gasteiger partial charge in [-0.3, -0.25) is 9.59 Å². The minimum absolute atomic E-state index is 0.0388. The SMILES string of the molecule is CC[C@H](C)NC(=O)[C@H](C)N(Cc1ccc(OC)cc1)C(=O)COc1ccc(Br)cc1. The van der Waals surface area contributed by atoms with Crippen LogP contribution in [-0.2, 0) is 16.1 Å². The quantitative estimate of drug-likeness (QED) is 0.558. The van der Waals surface area contributed by atoms with Crippen LogP contribution in [-0.4, -0.2) is 42.5 Å². The number of rotatable bonds is 10. The Labute approximate surface area is 186 Å². The summed E-state index contributed by atoms with van der Waals surface area (Å²) in [5.41, 5.74) is 0.899. The monoisotopic (exact) mass is 476 g/mol. The van der Waals surface area contributed by atoms with Gasteiger partial charge in [-0.2, -0.15) is 0 Å². The van der Waals surface area contributed by atoms with Crippen molar-refractivity contribution in [2.75, 3.05) is 13.7 Å². The van der Waals surface area contributed by atoms with E-state index in [4.69, 9.17) is 9.47 Å². The molecule has 0 radical (unpaired) electrons. The molecule has 162 valence electrons. The predicted molar refractivity (Wildman–Crippen MR) is 121 cm³/mol.